The number of ether oxygens (including phenoxy) is 1. The van der Waals surface area contributed by atoms with E-state index >= 15 is 0 Å². The molecule has 0 saturated heterocycles. The molecule has 6 nitrogen and oxygen atoms in total. The molecule has 2 aromatic rings. The average Bonchev–Trinajstić information content (AvgIpc) is 2.62. The quantitative estimate of drug-likeness (QED) is 0.820. The molecule has 0 aromatic heterocycles. The van der Waals surface area contributed by atoms with Gasteiger partial charge in [-0.1, -0.05) is 0 Å². The molecule has 6 heteroatoms. The molecule has 0 saturated carbocycles. The van der Waals surface area contributed by atoms with Gasteiger partial charge in [-0.2, -0.15) is 5.26 Å². The SMILES string of the molecule is COc1ccc(NC(=O)C(C)(C)C(=O)Nc2ccc(C#N)cc2)cc1. The maximum Gasteiger partial charge on any atom is 0.239 e. The molecule has 0 heterocycles. The molecule has 0 radical (unpaired) electrons. The summed E-state index contributed by atoms with van der Waals surface area (Å²) < 4.78 is 5.07. The molecule has 2 N–H and O–H groups in total. The van der Waals surface area contributed by atoms with Crippen LogP contribution in [0.5, 0.6) is 5.75 Å². The zero-order chi connectivity index (χ0) is 18.4. The molecule has 0 bridgehead atoms. The Morgan fingerprint density at radius 2 is 1.36 bits per heavy atom. The van der Waals surface area contributed by atoms with E-state index in [-0.39, 0.29) is 0 Å². The van der Waals surface area contributed by atoms with Gasteiger partial charge in [0.05, 0.1) is 18.7 Å². The molecule has 0 aliphatic rings. The third-order valence-electron chi connectivity index (χ3n) is 3.76. The number of methoxy groups -OCH3 is 1. The third-order valence-corrected chi connectivity index (χ3v) is 3.76. The van der Waals surface area contributed by atoms with Gasteiger partial charge in [-0.3, -0.25) is 9.59 Å². The van der Waals surface area contributed by atoms with Gasteiger partial charge in [0.1, 0.15) is 11.2 Å². The van der Waals surface area contributed by atoms with Crippen LogP contribution in [0.2, 0.25) is 0 Å². The highest BCUT2D eigenvalue weighted by Crippen LogP contribution is 2.23. The zero-order valence-corrected chi connectivity index (χ0v) is 14.3. The number of hydrogen-bond donors (Lipinski definition) is 2. The van der Waals surface area contributed by atoms with E-state index in [0.717, 1.165) is 0 Å². The fourth-order valence-corrected chi connectivity index (χ4v) is 1.98. The summed E-state index contributed by atoms with van der Waals surface area (Å²) in [6.07, 6.45) is 0. The molecule has 2 aromatic carbocycles. The Morgan fingerprint density at radius 3 is 1.76 bits per heavy atom. The molecule has 2 rings (SSSR count). The minimum Gasteiger partial charge on any atom is -0.497 e. The lowest BCUT2D eigenvalue weighted by atomic mass is 9.90. The summed E-state index contributed by atoms with van der Waals surface area (Å²) in [7, 11) is 1.56. The second-order valence-electron chi connectivity index (χ2n) is 5.95. The fourth-order valence-electron chi connectivity index (χ4n) is 1.98. The van der Waals surface area contributed by atoms with Crippen molar-refractivity contribution in [2.24, 2.45) is 5.41 Å². The van der Waals surface area contributed by atoms with Crippen molar-refractivity contribution in [2.45, 2.75) is 13.8 Å². The summed E-state index contributed by atoms with van der Waals surface area (Å²) in [4.78, 5) is 24.9. The topological polar surface area (TPSA) is 91.2 Å². The number of carbonyl (C=O) groups is 2. The van der Waals surface area contributed by atoms with Crippen LogP contribution < -0.4 is 15.4 Å². The molecule has 0 unspecified atom stereocenters. The van der Waals surface area contributed by atoms with Crippen LogP contribution in [0.15, 0.2) is 48.5 Å². The van der Waals surface area contributed by atoms with Gasteiger partial charge in [0.25, 0.3) is 0 Å². The second-order valence-corrected chi connectivity index (χ2v) is 5.95. The molecule has 0 aliphatic carbocycles. The van der Waals surface area contributed by atoms with Crippen LogP contribution in [-0.4, -0.2) is 18.9 Å². The molecule has 128 valence electrons. The van der Waals surface area contributed by atoms with Crippen LogP contribution in [0.1, 0.15) is 19.4 Å². The van der Waals surface area contributed by atoms with E-state index in [1.54, 1.807) is 69.5 Å². The number of rotatable bonds is 5. The van der Waals surface area contributed by atoms with Crippen molar-refractivity contribution in [3.8, 4) is 11.8 Å². The first-order chi connectivity index (χ1) is 11.9. The van der Waals surface area contributed by atoms with E-state index in [1.807, 2.05) is 6.07 Å². The Bertz CT molecular complexity index is 803. The Morgan fingerprint density at radius 1 is 0.920 bits per heavy atom. The van der Waals surface area contributed by atoms with E-state index in [2.05, 4.69) is 10.6 Å². The lowest BCUT2D eigenvalue weighted by Gasteiger charge is -2.22. The standard InChI is InChI=1S/C19H19N3O3/c1-19(2,17(23)21-14-6-4-13(12-20)5-7-14)18(24)22-15-8-10-16(25-3)11-9-15/h4-11H,1-3H3,(H,21,23)(H,22,24). The molecule has 2 amide bonds. The highest BCUT2D eigenvalue weighted by Gasteiger charge is 2.36. The number of nitrogens with one attached hydrogen (secondary N) is 2. The Balaban J connectivity index is 2.05. The maximum atomic E-state index is 12.5. The highest BCUT2D eigenvalue weighted by molar-refractivity contribution is 6.14. The van der Waals surface area contributed by atoms with Crippen molar-refractivity contribution < 1.29 is 14.3 Å². The van der Waals surface area contributed by atoms with Crippen molar-refractivity contribution in [3.05, 3.63) is 54.1 Å². The summed E-state index contributed by atoms with van der Waals surface area (Å²) >= 11 is 0. The van der Waals surface area contributed by atoms with Crippen LogP contribution in [0.4, 0.5) is 11.4 Å². The van der Waals surface area contributed by atoms with E-state index < -0.39 is 17.2 Å². The number of hydrogen-bond acceptors (Lipinski definition) is 4. The number of anilines is 2. The van der Waals surface area contributed by atoms with E-state index in [1.165, 1.54) is 0 Å². The van der Waals surface area contributed by atoms with Crippen molar-refractivity contribution in [3.63, 3.8) is 0 Å². The third kappa shape index (κ3) is 4.36. The van der Waals surface area contributed by atoms with Crippen molar-refractivity contribution in [1.29, 1.82) is 5.26 Å². The molecular weight excluding hydrogens is 318 g/mol. The monoisotopic (exact) mass is 337 g/mol. The van der Waals surface area contributed by atoms with Gasteiger partial charge in [0, 0.05) is 11.4 Å². The van der Waals surface area contributed by atoms with Crippen LogP contribution in [0, 0.1) is 16.7 Å². The predicted octanol–water partition coefficient (Wildman–Crippen LogP) is 3.17. The van der Waals surface area contributed by atoms with Gasteiger partial charge in [-0.15, -0.1) is 0 Å². The van der Waals surface area contributed by atoms with E-state index in [4.69, 9.17) is 10.00 Å². The number of amides is 2. The largest absolute Gasteiger partial charge is 0.497 e. The van der Waals surface area contributed by atoms with Gasteiger partial charge in [0.15, 0.2) is 0 Å². The van der Waals surface area contributed by atoms with Gasteiger partial charge < -0.3 is 15.4 Å². The highest BCUT2D eigenvalue weighted by atomic mass is 16.5. The smallest absolute Gasteiger partial charge is 0.239 e. The molecule has 0 aliphatic heterocycles. The number of carbonyl (C=O) groups excluding carboxylic acids is 2. The average molecular weight is 337 g/mol. The van der Waals surface area contributed by atoms with Gasteiger partial charge in [-0.05, 0) is 62.4 Å². The van der Waals surface area contributed by atoms with Gasteiger partial charge >= 0.3 is 0 Å². The first-order valence-corrected chi connectivity index (χ1v) is 7.64. The van der Waals surface area contributed by atoms with Crippen molar-refractivity contribution in [2.75, 3.05) is 17.7 Å². The lowest BCUT2D eigenvalue weighted by Crippen LogP contribution is -2.41. The van der Waals surface area contributed by atoms with Gasteiger partial charge in [0.2, 0.25) is 11.8 Å². The normalized spacial score (nSPS) is 10.5. The predicted molar refractivity (Wildman–Crippen MR) is 95.2 cm³/mol. The van der Waals surface area contributed by atoms with Gasteiger partial charge in [-0.25, -0.2) is 0 Å². The molecule has 25 heavy (non-hydrogen) atoms. The summed E-state index contributed by atoms with van der Waals surface area (Å²) in [6.45, 7) is 3.09. The first kappa shape index (κ1) is 18.0. The summed E-state index contributed by atoms with van der Waals surface area (Å²) in [5.41, 5.74) is 0.308. The number of benzene rings is 2. The van der Waals surface area contributed by atoms with Crippen LogP contribution in [-0.2, 0) is 9.59 Å². The van der Waals surface area contributed by atoms with Crippen molar-refractivity contribution >= 4 is 23.2 Å². The zero-order valence-electron chi connectivity index (χ0n) is 14.3. The summed E-state index contributed by atoms with van der Waals surface area (Å²) in [6, 6.07) is 15.3. The number of nitriles is 1. The van der Waals surface area contributed by atoms with E-state index in [0.29, 0.717) is 22.7 Å². The van der Waals surface area contributed by atoms with Crippen LogP contribution in [0.3, 0.4) is 0 Å². The fraction of sp³-hybridized carbons (Fsp3) is 0.211. The first-order valence-electron chi connectivity index (χ1n) is 7.64. The maximum absolute atomic E-state index is 12.5. The van der Waals surface area contributed by atoms with Crippen LogP contribution >= 0.6 is 0 Å². The van der Waals surface area contributed by atoms with Crippen LogP contribution in [0.25, 0.3) is 0 Å². The molecule has 0 atom stereocenters. The minimum atomic E-state index is -1.28. The summed E-state index contributed by atoms with van der Waals surface area (Å²) in [5, 5.41) is 14.2. The molecular formula is C19H19N3O3. The van der Waals surface area contributed by atoms with Crippen molar-refractivity contribution in [1.82, 2.24) is 0 Å². The Labute approximate surface area is 146 Å². The summed E-state index contributed by atoms with van der Waals surface area (Å²) in [5.74, 6) is -0.192. The van der Waals surface area contributed by atoms with E-state index in [9.17, 15) is 9.59 Å². The Kier molecular flexibility index (Phi) is 5.40. The Hall–Kier alpha value is -3.33. The second kappa shape index (κ2) is 7.49. The minimum absolute atomic E-state index is 0.427. The number of nitrogens with zero attached hydrogens (tertiary/aromatic N) is 1. The lowest BCUT2D eigenvalue weighted by molar-refractivity contribution is -0.135. The molecule has 0 fully saturated rings. The molecule has 0 spiro atoms.